The molecule has 0 aromatic carbocycles. The molecular weight excluding hydrogens is 228 g/mol. The van der Waals surface area contributed by atoms with Gasteiger partial charge < -0.3 is 14.8 Å². The number of hydrogen-bond donors (Lipinski definition) is 1. The molecule has 0 aliphatic rings. The molecule has 0 unspecified atom stereocenters. The summed E-state index contributed by atoms with van der Waals surface area (Å²) in [5.41, 5.74) is 1.08. The van der Waals surface area contributed by atoms with Crippen molar-refractivity contribution in [2.24, 2.45) is 0 Å². The van der Waals surface area contributed by atoms with E-state index in [-0.39, 0.29) is 5.91 Å². The zero-order chi connectivity index (χ0) is 13.4. The van der Waals surface area contributed by atoms with Crippen molar-refractivity contribution in [3.05, 3.63) is 18.2 Å². The largest absolute Gasteiger partial charge is 0.349 e. The number of carbonyl (C=O) groups is 1. The summed E-state index contributed by atoms with van der Waals surface area (Å²) in [5.74, 6) is 0.148. The van der Waals surface area contributed by atoms with E-state index in [0.717, 1.165) is 31.6 Å². The van der Waals surface area contributed by atoms with Gasteiger partial charge in [-0.25, -0.2) is 4.98 Å². The Balaban J connectivity index is 2.28. The summed E-state index contributed by atoms with van der Waals surface area (Å²) in [6.07, 6.45) is 6.45. The van der Waals surface area contributed by atoms with Gasteiger partial charge in [0.2, 0.25) is 5.91 Å². The normalized spacial score (nSPS) is 10.6. The Kier molecular flexibility index (Phi) is 6.43. The van der Waals surface area contributed by atoms with E-state index in [1.165, 1.54) is 0 Å². The minimum Gasteiger partial charge on any atom is -0.349 e. The molecule has 1 N–H and O–H groups in total. The molecule has 18 heavy (non-hydrogen) atoms. The summed E-state index contributed by atoms with van der Waals surface area (Å²) in [4.78, 5) is 17.4. The van der Waals surface area contributed by atoms with Crippen LogP contribution in [-0.2, 0) is 17.8 Å². The van der Waals surface area contributed by atoms with E-state index in [2.05, 4.69) is 17.2 Å². The van der Waals surface area contributed by atoms with E-state index in [1.807, 2.05) is 10.8 Å². The fourth-order valence-corrected chi connectivity index (χ4v) is 1.62. The summed E-state index contributed by atoms with van der Waals surface area (Å²) in [6.45, 7) is 4.87. The molecule has 0 radical (unpaired) electrons. The van der Waals surface area contributed by atoms with Crippen molar-refractivity contribution >= 4 is 5.91 Å². The van der Waals surface area contributed by atoms with Gasteiger partial charge in [0.15, 0.2) is 0 Å². The van der Waals surface area contributed by atoms with Crippen LogP contribution in [-0.4, -0.2) is 47.5 Å². The lowest BCUT2D eigenvalue weighted by molar-refractivity contribution is -0.128. The van der Waals surface area contributed by atoms with Gasteiger partial charge in [-0.1, -0.05) is 6.92 Å². The number of nitrogens with one attached hydrogen (secondary N) is 1. The zero-order valence-corrected chi connectivity index (χ0v) is 11.6. The van der Waals surface area contributed by atoms with Crippen molar-refractivity contribution in [1.29, 1.82) is 0 Å². The molecule has 0 aliphatic carbocycles. The second-order valence-electron chi connectivity index (χ2n) is 4.64. The van der Waals surface area contributed by atoms with E-state index in [0.29, 0.717) is 13.0 Å². The lowest BCUT2D eigenvalue weighted by Crippen LogP contribution is -2.22. The monoisotopic (exact) mass is 252 g/mol. The number of aryl methyl sites for hydroxylation is 1. The summed E-state index contributed by atoms with van der Waals surface area (Å²) >= 11 is 0. The van der Waals surface area contributed by atoms with Gasteiger partial charge in [-0.3, -0.25) is 4.79 Å². The Bertz CT molecular complexity index is 360. The first kappa shape index (κ1) is 14.7. The molecule has 0 spiro atoms. The summed E-state index contributed by atoms with van der Waals surface area (Å²) in [6, 6.07) is 0. The molecule has 5 heteroatoms. The highest BCUT2D eigenvalue weighted by Gasteiger charge is 2.04. The smallest absolute Gasteiger partial charge is 0.223 e. The molecule has 102 valence electrons. The molecule has 1 aromatic heterocycles. The molecule has 0 saturated heterocycles. The number of imidazole rings is 1. The van der Waals surface area contributed by atoms with Gasteiger partial charge in [0.1, 0.15) is 0 Å². The van der Waals surface area contributed by atoms with E-state index < -0.39 is 0 Å². The van der Waals surface area contributed by atoms with Crippen LogP contribution in [0.4, 0.5) is 0 Å². The summed E-state index contributed by atoms with van der Waals surface area (Å²) in [7, 11) is 3.56. The van der Waals surface area contributed by atoms with Gasteiger partial charge in [0.25, 0.3) is 0 Å². The van der Waals surface area contributed by atoms with Crippen LogP contribution in [0.15, 0.2) is 12.5 Å². The number of amides is 1. The predicted molar refractivity (Wildman–Crippen MR) is 72.4 cm³/mol. The van der Waals surface area contributed by atoms with Gasteiger partial charge in [0, 0.05) is 46.2 Å². The van der Waals surface area contributed by atoms with Crippen molar-refractivity contribution in [3.63, 3.8) is 0 Å². The van der Waals surface area contributed by atoms with Gasteiger partial charge in [-0.05, 0) is 13.0 Å². The second kappa shape index (κ2) is 7.87. The van der Waals surface area contributed by atoms with Gasteiger partial charge in [-0.2, -0.15) is 0 Å². The third kappa shape index (κ3) is 5.31. The van der Waals surface area contributed by atoms with Crippen LogP contribution < -0.4 is 5.32 Å². The molecular formula is C13H24N4O. The molecule has 1 rings (SSSR count). The number of hydrogen-bond acceptors (Lipinski definition) is 3. The van der Waals surface area contributed by atoms with Crippen molar-refractivity contribution in [2.75, 3.05) is 27.2 Å². The van der Waals surface area contributed by atoms with Crippen LogP contribution in [0.1, 0.15) is 25.5 Å². The Labute approximate surface area is 109 Å². The summed E-state index contributed by atoms with van der Waals surface area (Å²) < 4.78 is 1.98. The molecule has 1 heterocycles. The first-order chi connectivity index (χ1) is 8.63. The Hall–Kier alpha value is -1.36. The molecule has 0 fully saturated rings. The minimum atomic E-state index is 0.148. The molecule has 0 aliphatic heterocycles. The van der Waals surface area contributed by atoms with Crippen molar-refractivity contribution in [1.82, 2.24) is 19.8 Å². The Morgan fingerprint density at radius 1 is 1.44 bits per heavy atom. The predicted octanol–water partition coefficient (Wildman–Crippen LogP) is 0.903. The van der Waals surface area contributed by atoms with Crippen molar-refractivity contribution in [2.45, 2.75) is 32.7 Å². The Morgan fingerprint density at radius 2 is 2.22 bits per heavy atom. The van der Waals surface area contributed by atoms with E-state index in [1.54, 1.807) is 25.3 Å². The third-order valence-corrected chi connectivity index (χ3v) is 2.75. The van der Waals surface area contributed by atoms with Gasteiger partial charge >= 0.3 is 0 Å². The number of rotatable bonds is 8. The minimum absolute atomic E-state index is 0.148. The highest BCUT2D eigenvalue weighted by molar-refractivity contribution is 5.75. The topological polar surface area (TPSA) is 50.2 Å². The van der Waals surface area contributed by atoms with Crippen LogP contribution in [0.5, 0.6) is 0 Å². The molecule has 0 bridgehead atoms. The molecule has 0 atom stereocenters. The van der Waals surface area contributed by atoms with Crippen molar-refractivity contribution in [3.8, 4) is 0 Å². The molecule has 5 nitrogen and oxygen atoms in total. The van der Waals surface area contributed by atoms with Gasteiger partial charge in [0.05, 0.1) is 12.0 Å². The molecule has 0 saturated carbocycles. The lowest BCUT2D eigenvalue weighted by atomic mass is 10.3. The maximum atomic E-state index is 11.4. The maximum Gasteiger partial charge on any atom is 0.223 e. The fourth-order valence-electron chi connectivity index (χ4n) is 1.62. The third-order valence-electron chi connectivity index (χ3n) is 2.75. The maximum absolute atomic E-state index is 11.4. The highest BCUT2D eigenvalue weighted by atomic mass is 16.2. The molecule has 1 amide bonds. The van der Waals surface area contributed by atoms with Crippen LogP contribution in [0.3, 0.4) is 0 Å². The molecule has 1 aromatic rings. The number of nitrogens with zero attached hydrogens (tertiary/aromatic N) is 3. The lowest BCUT2D eigenvalue weighted by Gasteiger charge is -2.09. The fraction of sp³-hybridized carbons (Fsp3) is 0.692. The average Bonchev–Trinajstić information content (AvgIpc) is 2.79. The average molecular weight is 252 g/mol. The number of aromatic nitrogens is 2. The van der Waals surface area contributed by atoms with E-state index in [9.17, 15) is 4.79 Å². The first-order valence-electron chi connectivity index (χ1n) is 6.55. The van der Waals surface area contributed by atoms with Crippen LogP contribution in [0, 0.1) is 0 Å². The quantitative estimate of drug-likeness (QED) is 0.699. The first-order valence-corrected chi connectivity index (χ1v) is 6.55. The SMILES string of the molecule is CCCNCCc1cn(CCC(=O)N(C)C)cn1. The zero-order valence-electron chi connectivity index (χ0n) is 11.6. The number of carbonyl (C=O) groups excluding carboxylic acids is 1. The highest BCUT2D eigenvalue weighted by Crippen LogP contribution is 1.99. The Morgan fingerprint density at radius 3 is 2.89 bits per heavy atom. The van der Waals surface area contributed by atoms with E-state index >= 15 is 0 Å². The van der Waals surface area contributed by atoms with Crippen LogP contribution in [0.2, 0.25) is 0 Å². The second-order valence-corrected chi connectivity index (χ2v) is 4.64. The van der Waals surface area contributed by atoms with Crippen LogP contribution in [0.25, 0.3) is 0 Å². The van der Waals surface area contributed by atoms with Crippen molar-refractivity contribution < 1.29 is 4.79 Å². The summed E-state index contributed by atoms with van der Waals surface area (Å²) in [5, 5.41) is 3.35. The van der Waals surface area contributed by atoms with E-state index in [4.69, 9.17) is 0 Å². The van der Waals surface area contributed by atoms with Gasteiger partial charge in [-0.15, -0.1) is 0 Å². The van der Waals surface area contributed by atoms with Crippen LogP contribution >= 0.6 is 0 Å². The standard InChI is InChI=1S/C13H24N4O/c1-4-7-14-8-5-12-10-17(11-15-12)9-6-13(18)16(2)3/h10-11,14H,4-9H2,1-3H3.